The van der Waals surface area contributed by atoms with Crippen molar-refractivity contribution in [3.8, 4) is 5.75 Å². The number of halogens is 1. The Bertz CT molecular complexity index is 1140. The van der Waals surface area contributed by atoms with E-state index in [0.29, 0.717) is 27.6 Å². The Morgan fingerprint density at radius 2 is 1.68 bits per heavy atom. The van der Waals surface area contributed by atoms with Crippen molar-refractivity contribution >= 4 is 41.3 Å². The number of hydrazone groups is 1. The van der Waals surface area contributed by atoms with Crippen LogP contribution in [-0.4, -0.2) is 24.0 Å². The summed E-state index contributed by atoms with van der Waals surface area (Å²) in [5, 5.41) is 6.69. The number of amides is 2. The number of benzene rings is 3. The lowest BCUT2D eigenvalue weighted by molar-refractivity contribution is -0.136. The van der Waals surface area contributed by atoms with Crippen molar-refractivity contribution in [2.75, 3.05) is 5.32 Å². The van der Waals surface area contributed by atoms with Crippen LogP contribution in [0.15, 0.2) is 77.9 Å². The molecule has 0 unspecified atom stereocenters. The molecule has 0 aliphatic carbocycles. The highest BCUT2D eigenvalue weighted by molar-refractivity contribution is 6.39. The van der Waals surface area contributed by atoms with Gasteiger partial charge in [-0.3, -0.25) is 9.59 Å². The van der Waals surface area contributed by atoms with E-state index in [1.165, 1.54) is 12.3 Å². The third-order valence-corrected chi connectivity index (χ3v) is 4.25. The zero-order chi connectivity index (χ0) is 22.2. The van der Waals surface area contributed by atoms with Gasteiger partial charge in [-0.05, 0) is 72.6 Å². The molecule has 0 spiro atoms. The number of hydrogen-bond donors (Lipinski definition) is 2. The molecule has 0 aromatic heterocycles. The summed E-state index contributed by atoms with van der Waals surface area (Å²) in [6, 6.07) is 20.0. The fraction of sp³-hybridized carbons (Fsp3) is 0.0435. The van der Waals surface area contributed by atoms with E-state index in [-0.39, 0.29) is 0 Å². The molecule has 3 rings (SSSR count). The summed E-state index contributed by atoms with van der Waals surface area (Å²) < 4.78 is 5.28. The van der Waals surface area contributed by atoms with E-state index in [4.69, 9.17) is 16.3 Å². The van der Waals surface area contributed by atoms with Gasteiger partial charge in [0.05, 0.1) is 11.8 Å². The Morgan fingerprint density at radius 1 is 0.935 bits per heavy atom. The summed E-state index contributed by atoms with van der Waals surface area (Å²) in [5.41, 5.74) is 4.60. The van der Waals surface area contributed by atoms with Crippen LogP contribution in [0.3, 0.4) is 0 Å². The Kier molecular flexibility index (Phi) is 7.13. The van der Waals surface area contributed by atoms with E-state index >= 15 is 0 Å². The molecule has 0 aliphatic heterocycles. The van der Waals surface area contributed by atoms with Gasteiger partial charge < -0.3 is 10.1 Å². The summed E-state index contributed by atoms with van der Waals surface area (Å²) in [6.07, 6.45) is 1.36. The minimum atomic E-state index is -0.898. The van der Waals surface area contributed by atoms with Crippen molar-refractivity contribution in [2.24, 2.45) is 5.10 Å². The third kappa shape index (κ3) is 6.52. The molecule has 0 heterocycles. The molecule has 31 heavy (non-hydrogen) atoms. The molecular weight excluding hydrogens is 418 g/mol. The quantitative estimate of drug-likeness (QED) is 0.208. The largest absolute Gasteiger partial charge is 0.423 e. The van der Waals surface area contributed by atoms with Crippen molar-refractivity contribution in [1.82, 2.24) is 5.43 Å². The van der Waals surface area contributed by atoms with Gasteiger partial charge in [0.25, 0.3) is 0 Å². The number of esters is 1. The van der Waals surface area contributed by atoms with Gasteiger partial charge in [-0.25, -0.2) is 10.2 Å². The molecule has 2 amide bonds. The molecule has 0 atom stereocenters. The third-order valence-electron chi connectivity index (χ3n) is 4.01. The average molecular weight is 436 g/mol. The number of hydrogen-bond acceptors (Lipinski definition) is 5. The van der Waals surface area contributed by atoms with Crippen molar-refractivity contribution < 1.29 is 19.1 Å². The standard InChI is InChI=1S/C23H18ClN3O4/c1-15-4-2-7-19(12-15)26-21(28)22(29)27-25-14-16-8-10-20(11-9-16)31-23(30)17-5-3-6-18(24)13-17/h2-14H,1H3,(H,26,28)(H,27,29). The van der Waals surface area contributed by atoms with Crippen molar-refractivity contribution in [3.63, 3.8) is 0 Å². The summed E-state index contributed by atoms with van der Waals surface area (Å²) >= 11 is 5.87. The SMILES string of the molecule is Cc1cccc(NC(=O)C(=O)NN=Cc2ccc(OC(=O)c3cccc(Cl)c3)cc2)c1. The normalized spacial score (nSPS) is 10.5. The Hall–Kier alpha value is -3.97. The first kappa shape index (κ1) is 21.7. The lowest BCUT2D eigenvalue weighted by atomic mass is 10.2. The predicted molar refractivity (Wildman–Crippen MR) is 118 cm³/mol. The molecule has 0 fully saturated rings. The number of nitrogens with one attached hydrogen (secondary N) is 2. The van der Waals surface area contributed by atoms with Gasteiger partial charge in [0.15, 0.2) is 0 Å². The molecule has 0 bridgehead atoms. The second-order valence-electron chi connectivity index (χ2n) is 6.49. The molecule has 0 saturated carbocycles. The van der Waals surface area contributed by atoms with Gasteiger partial charge in [0, 0.05) is 10.7 Å². The lowest BCUT2D eigenvalue weighted by Gasteiger charge is -2.05. The number of aryl methyl sites for hydroxylation is 1. The van der Waals surface area contributed by atoms with E-state index in [9.17, 15) is 14.4 Å². The monoisotopic (exact) mass is 435 g/mol. The van der Waals surface area contributed by atoms with Crippen LogP contribution in [0.2, 0.25) is 5.02 Å². The highest BCUT2D eigenvalue weighted by Gasteiger charge is 2.13. The fourth-order valence-corrected chi connectivity index (χ4v) is 2.72. The number of rotatable bonds is 5. The van der Waals surface area contributed by atoms with Crippen LogP contribution in [0.25, 0.3) is 0 Å². The molecule has 2 N–H and O–H groups in total. The smallest absolute Gasteiger partial charge is 0.343 e. The van der Waals surface area contributed by atoms with E-state index in [2.05, 4.69) is 15.8 Å². The van der Waals surface area contributed by atoms with Gasteiger partial charge in [-0.2, -0.15) is 5.10 Å². The topological polar surface area (TPSA) is 96.9 Å². The lowest BCUT2D eigenvalue weighted by Crippen LogP contribution is -2.32. The van der Waals surface area contributed by atoms with Crippen LogP contribution in [0, 0.1) is 6.92 Å². The first-order valence-electron chi connectivity index (χ1n) is 9.19. The molecular formula is C23H18ClN3O4. The molecule has 7 nitrogen and oxygen atoms in total. The predicted octanol–water partition coefficient (Wildman–Crippen LogP) is 3.96. The molecule has 3 aromatic rings. The van der Waals surface area contributed by atoms with E-state index in [1.54, 1.807) is 60.7 Å². The van der Waals surface area contributed by atoms with Crippen LogP contribution < -0.4 is 15.5 Å². The van der Waals surface area contributed by atoms with Gasteiger partial charge in [-0.15, -0.1) is 0 Å². The second-order valence-corrected chi connectivity index (χ2v) is 6.93. The van der Waals surface area contributed by atoms with Crippen LogP contribution in [0.4, 0.5) is 5.69 Å². The summed E-state index contributed by atoms with van der Waals surface area (Å²) in [5.74, 6) is -1.92. The van der Waals surface area contributed by atoms with Crippen LogP contribution in [-0.2, 0) is 9.59 Å². The molecule has 8 heteroatoms. The summed E-state index contributed by atoms with van der Waals surface area (Å²) in [4.78, 5) is 35.9. The van der Waals surface area contributed by atoms with Crippen molar-refractivity contribution in [3.05, 3.63) is 94.5 Å². The number of carbonyl (C=O) groups excluding carboxylic acids is 3. The van der Waals surface area contributed by atoms with Gasteiger partial charge in [0.1, 0.15) is 5.75 Å². The number of ether oxygens (including phenoxy) is 1. The number of nitrogens with zero attached hydrogens (tertiary/aromatic N) is 1. The minimum absolute atomic E-state index is 0.337. The zero-order valence-corrected chi connectivity index (χ0v) is 17.2. The molecule has 0 saturated heterocycles. The van der Waals surface area contributed by atoms with E-state index < -0.39 is 17.8 Å². The fourth-order valence-electron chi connectivity index (χ4n) is 2.53. The maximum atomic E-state index is 12.1. The van der Waals surface area contributed by atoms with Gasteiger partial charge in [-0.1, -0.05) is 29.8 Å². The highest BCUT2D eigenvalue weighted by atomic mass is 35.5. The summed E-state index contributed by atoms with van der Waals surface area (Å²) in [6.45, 7) is 1.88. The Morgan fingerprint density at radius 3 is 2.39 bits per heavy atom. The van der Waals surface area contributed by atoms with Crippen molar-refractivity contribution in [2.45, 2.75) is 6.92 Å². The van der Waals surface area contributed by atoms with Crippen LogP contribution in [0.5, 0.6) is 5.75 Å². The number of anilines is 1. The van der Waals surface area contributed by atoms with E-state index in [1.807, 2.05) is 13.0 Å². The molecule has 3 aromatic carbocycles. The van der Waals surface area contributed by atoms with Crippen LogP contribution in [0.1, 0.15) is 21.5 Å². The zero-order valence-electron chi connectivity index (χ0n) is 16.5. The van der Waals surface area contributed by atoms with Gasteiger partial charge >= 0.3 is 17.8 Å². The highest BCUT2D eigenvalue weighted by Crippen LogP contribution is 2.16. The molecule has 0 radical (unpaired) electrons. The first-order valence-corrected chi connectivity index (χ1v) is 9.57. The maximum absolute atomic E-state index is 12.1. The Labute approximate surface area is 183 Å². The average Bonchev–Trinajstić information content (AvgIpc) is 2.75. The Balaban J connectivity index is 1.51. The molecule has 0 aliphatic rings. The van der Waals surface area contributed by atoms with Gasteiger partial charge in [0.2, 0.25) is 0 Å². The first-order chi connectivity index (χ1) is 14.9. The number of carbonyl (C=O) groups is 3. The van der Waals surface area contributed by atoms with E-state index in [0.717, 1.165) is 5.56 Å². The van der Waals surface area contributed by atoms with Crippen molar-refractivity contribution in [1.29, 1.82) is 0 Å². The van der Waals surface area contributed by atoms with Crippen LogP contribution >= 0.6 is 11.6 Å². The summed E-state index contributed by atoms with van der Waals surface area (Å²) in [7, 11) is 0. The second kappa shape index (κ2) is 10.2. The maximum Gasteiger partial charge on any atom is 0.343 e. The minimum Gasteiger partial charge on any atom is -0.423 e. The molecule has 156 valence electrons.